The number of aromatic hydroxyl groups is 1. The van der Waals surface area contributed by atoms with E-state index in [0.29, 0.717) is 70.9 Å². The highest BCUT2D eigenvalue weighted by molar-refractivity contribution is 9.10. The van der Waals surface area contributed by atoms with Crippen LogP contribution in [0.1, 0.15) is 77.1 Å². The lowest BCUT2D eigenvalue weighted by molar-refractivity contribution is 0.0735. The minimum absolute atomic E-state index is 0.0237. The molecule has 1 saturated heterocycles. The molecule has 1 fully saturated rings. The Kier molecular flexibility index (Phi) is 5.95. The zero-order chi connectivity index (χ0) is 26.1. The average Bonchev–Trinajstić information content (AvgIpc) is 3.52. The predicted molar refractivity (Wildman–Crippen MR) is 133 cm³/mol. The Hall–Kier alpha value is -2.72. The molecule has 0 radical (unpaired) electrons. The maximum atomic E-state index is 16.0. The number of nitrogens with one attached hydrogen (secondary N) is 1. The molecule has 1 aromatic heterocycles. The number of halogens is 2. The number of aromatic nitrogens is 1. The molecular weight excluding hydrogens is 547 g/mol. The van der Waals surface area contributed by atoms with E-state index in [9.17, 15) is 14.7 Å². The topological polar surface area (TPSA) is 114 Å². The fourth-order valence-electron chi connectivity index (χ4n) is 6.18. The van der Waals surface area contributed by atoms with Crippen molar-refractivity contribution in [2.75, 3.05) is 13.2 Å². The Balaban J connectivity index is 1.45. The molecule has 10 heteroatoms. The van der Waals surface area contributed by atoms with Crippen LogP contribution in [-0.2, 0) is 24.1 Å². The Bertz CT molecular complexity index is 1370. The average molecular weight is 575 g/mol. The van der Waals surface area contributed by atoms with E-state index in [-0.39, 0.29) is 28.7 Å². The van der Waals surface area contributed by atoms with E-state index in [2.05, 4.69) is 26.4 Å². The van der Waals surface area contributed by atoms with Crippen LogP contribution >= 0.6 is 15.9 Å². The molecule has 3 aliphatic carbocycles. The van der Waals surface area contributed by atoms with Crippen LogP contribution in [0.15, 0.2) is 20.3 Å². The van der Waals surface area contributed by atoms with Gasteiger partial charge < -0.3 is 24.4 Å². The summed E-state index contributed by atoms with van der Waals surface area (Å²) in [5.74, 6) is -1.21. The molecule has 0 saturated carbocycles. The number of fused-ring (bicyclic) bond motifs is 3. The number of nitrogens with zero attached hydrogens (tertiary/aromatic N) is 1. The van der Waals surface area contributed by atoms with E-state index in [1.54, 1.807) is 0 Å². The van der Waals surface area contributed by atoms with E-state index in [1.807, 2.05) is 13.8 Å². The molecule has 6 rings (SSSR count). The van der Waals surface area contributed by atoms with Gasteiger partial charge in [-0.3, -0.25) is 9.59 Å². The van der Waals surface area contributed by atoms with Gasteiger partial charge >= 0.3 is 0 Å². The first kappa shape index (κ1) is 24.6. The molecule has 0 bridgehead atoms. The summed E-state index contributed by atoms with van der Waals surface area (Å²) in [6.45, 7) is 5.53. The molecule has 8 nitrogen and oxygen atoms in total. The smallest absolute Gasteiger partial charge is 0.263 e. The summed E-state index contributed by atoms with van der Waals surface area (Å²) in [7, 11) is 0. The summed E-state index contributed by atoms with van der Waals surface area (Å²) in [5.41, 5.74) is 0.175. The molecule has 2 heterocycles. The summed E-state index contributed by atoms with van der Waals surface area (Å²) in [5, 5.41) is 16.9. The molecule has 0 unspecified atom stereocenters. The quantitative estimate of drug-likeness (QED) is 0.341. The summed E-state index contributed by atoms with van der Waals surface area (Å²) in [6, 6.07) is 0. The van der Waals surface area contributed by atoms with E-state index in [0.717, 1.165) is 25.8 Å². The van der Waals surface area contributed by atoms with Crippen molar-refractivity contribution >= 4 is 27.5 Å². The van der Waals surface area contributed by atoms with Crippen LogP contribution in [0.25, 0.3) is 0 Å². The van der Waals surface area contributed by atoms with Crippen molar-refractivity contribution in [3.05, 3.63) is 49.6 Å². The molecule has 1 aromatic carbocycles. The number of allylic oxidation sites excluding steroid dienone is 1. The van der Waals surface area contributed by atoms with Gasteiger partial charge in [-0.15, -0.1) is 0 Å². The normalized spacial score (nSPS) is 25.1. The van der Waals surface area contributed by atoms with Crippen molar-refractivity contribution in [3.63, 3.8) is 0 Å². The van der Waals surface area contributed by atoms with Gasteiger partial charge in [0.15, 0.2) is 17.3 Å². The SMILES string of the molecule is CCCCOc1c(Br)c(CNCCC)c(F)c2c1C(=O)C1=C3O[C@]34C(=O)c3c(O)noc3C[C@@H]4C[C@@H]1C2. The molecule has 1 spiro atoms. The van der Waals surface area contributed by atoms with E-state index >= 15 is 4.39 Å². The number of ether oxygens (including phenoxy) is 2. The van der Waals surface area contributed by atoms with Crippen molar-refractivity contribution < 1.29 is 33.1 Å². The number of ketones is 2. The van der Waals surface area contributed by atoms with Crippen molar-refractivity contribution in [2.24, 2.45) is 11.8 Å². The minimum atomic E-state index is -1.28. The first-order valence-electron chi connectivity index (χ1n) is 12.9. The minimum Gasteiger partial charge on any atom is -0.492 e. The standard InChI is InChI=1S/C27H28BrFN2O6/c1-3-5-7-35-23-18-14(21(29)15(20(23)28)11-30-6-4-2)9-12-8-13-10-16-19(26(34)31-37-16)24(33)27(13)25(36-27)17(12)22(18)32/h12-13,30H,3-11H2,1-2H3,(H,31,34)/t12-,13+,27-/m1/s1. The highest BCUT2D eigenvalue weighted by Gasteiger charge is 2.72. The van der Waals surface area contributed by atoms with Crippen LogP contribution in [0, 0.1) is 17.7 Å². The number of hydrogen-bond acceptors (Lipinski definition) is 8. The van der Waals surface area contributed by atoms with Gasteiger partial charge in [-0.05, 0) is 59.2 Å². The van der Waals surface area contributed by atoms with Crippen molar-refractivity contribution in [2.45, 2.75) is 64.5 Å². The molecular formula is C27H28BrFN2O6. The maximum absolute atomic E-state index is 16.0. The number of carbonyl (C=O) groups is 2. The molecule has 37 heavy (non-hydrogen) atoms. The zero-order valence-electron chi connectivity index (χ0n) is 20.7. The number of rotatable bonds is 8. The molecule has 196 valence electrons. The van der Waals surface area contributed by atoms with Gasteiger partial charge in [0.25, 0.3) is 5.88 Å². The van der Waals surface area contributed by atoms with Gasteiger partial charge in [0.2, 0.25) is 11.4 Å². The Morgan fingerprint density at radius 1 is 1.24 bits per heavy atom. The van der Waals surface area contributed by atoms with Crippen molar-refractivity contribution in [1.29, 1.82) is 0 Å². The third kappa shape index (κ3) is 3.44. The number of Topliss-reactive ketones (excluding diaryl/α,β-unsaturated/α-hetero) is 2. The summed E-state index contributed by atoms with van der Waals surface area (Å²) in [4.78, 5) is 27.5. The lowest BCUT2D eigenvalue weighted by Crippen LogP contribution is -2.44. The third-order valence-corrected chi connectivity index (χ3v) is 8.85. The lowest BCUT2D eigenvalue weighted by atomic mass is 9.63. The molecule has 1 aliphatic heterocycles. The Morgan fingerprint density at radius 2 is 2.05 bits per heavy atom. The number of epoxide rings is 1. The van der Waals surface area contributed by atoms with E-state index in [1.165, 1.54) is 0 Å². The largest absolute Gasteiger partial charge is 0.492 e. The molecule has 2 aromatic rings. The second-order valence-corrected chi connectivity index (χ2v) is 11.0. The molecule has 0 amide bonds. The molecule has 3 atom stereocenters. The lowest BCUT2D eigenvalue weighted by Gasteiger charge is -2.35. The summed E-state index contributed by atoms with van der Waals surface area (Å²) < 4.78 is 33.7. The molecule has 2 N–H and O–H groups in total. The van der Waals surface area contributed by atoms with Crippen LogP contribution in [0.5, 0.6) is 11.6 Å². The van der Waals surface area contributed by atoms with Gasteiger partial charge in [0.05, 0.1) is 16.6 Å². The third-order valence-electron chi connectivity index (χ3n) is 8.01. The van der Waals surface area contributed by atoms with Gasteiger partial charge in [0, 0.05) is 35.6 Å². The highest BCUT2D eigenvalue weighted by atomic mass is 79.9. The first-order valence-corrected chi connectivity index (χ1v) is 13.7. The van der Waals surface area contributed by atoms with Crippen LogP contribution in [-0.4, -0.2) is 40.6 Å². The van der Waals surface area contributed by atoms with Gasteiger partial charge in [0.1, 0.15) is 17.1 Å². The van der Waals surface area contributed by atoms with Crippen LogP contribution < -0.4 is 10.1 Å². The van der Waals surface area contributed by atoms with Gasteiger partial charge in [-0.25, -0.2) is 4.39 Å². The number of hydrogen-bond donors (Lipinski definition) is 2. The monoisotopic (exact) mass is 574 g/mol. The van der Waals surface area contributed by atoms with E-state index in [4.69, 9.17) is 14.0 Å². The van der Waals surface area contributed by atoms with E-state index < -0.39 is 23.1 Å². The fourth-order valence-corrected chi connectivity index (χ4v) is 6.81. The Labute approximate surface area is 221 Å². The van der Waals surface area contributed by atoms with Gasteiger partial charge in [-0.2, -0.15) is 0 Å². The summed E-state index contributed by atoms with van der Waals surface area (Å²) >= 11 is 3.54. The predicted octanol–water partition coefficient (Wildman–Crippen LogP) is 4.80. The highest BCUT2D eigenvalue weighted by Crippen LogP contribution is 2.63. The zero-order valence-corrected chi connectivity index (χ0v) is 22.3. The Morgan fingerprint density at radius 3 is 2.81 bits per heavy atom. The van der Waals surface area contributed by atoms with Crippen LogP contribution in [0.4, 0.5) is 4.39 Å². The number of unbranched alkanes of at least 4 members (excludes halogenated alkanes) is 1. The van der Waals surface area contributed by atoms with Gasteiger partial charge in [-0.1, -0.05) is 20.3 Å². The summed E-state index contributed by atoms with van der Waals surface area (Å²) in [6.07, 6.45) is 3.73. The maximum Gasteiger partial charge on any atom is 0.263 e. The second-order valence-electron chi connectivity index (χ2n) is 10.2. The number of carbonyl (C=O) groups excluding carboxylic acids is 2. The van der Waals surface area contributed by atoms with Crippen LogP contribution in [0.3, 0.4) is 0 Å². The first-order chi connectivity index (χ1) is 17.8. The second kappa shape index (κ2) is 8.94. The van der Waals surface area contributed by atoms with Crippen molar-refractivity contribution in [1.82, 2.24) is 10.5 Å². The fraction of sp³-hybridized carbons (Fsp3) is 0.519. The van der Waals surface area contributed by atoms with Crippen molar-refractivity contribution in [3.8, 4) is 11.6 Å². The molecule has 4 aliphatic rings. The van der Waals surface area contributed by atoms with Crippen LogP contribution in [0.2, 0.25) is 0 Å². The number of benzene rings is 1.